The average molecular weight is 303 g/mol. The van der Waals surface area contributed by atoms with Crippen molar-refractivity contribution in [2.45, 2.75) is 6.92 Å². The van der Waals surface area contributed by atoms with Gasteiger partial charge in [0.15, 0.2) is 0 Å². The van der Waals surface area contributed by atoms with Gasteiger partial charge in [0.25, 0.3) is 0 Å². The fourth-order valence-corrected chi connectivity index (χ4v) is 3.19. The van der Waals surface area contributed by atoms with Crippen molar-refractivity contribution in [2.24, 2.45) is 0 Å². The highest BCUT2D eigenvalue weighted by atomic mass is 35.5. The molecule has 0 atom stereocenters. The van der Waals surface area contributed by atoms with E-state index in [0.717, 1.165) is 15.3 Å². The third-order valence-corrected chi connectivity index (χ3v) is 4.36. The molecule has 0 saturated carbocycles. The highest BCUT2D eigenvalue weighted by Gasteiger charge is 2.09. The van der Waals surface area contributed by atoms with Gasteiger partial charge in [0.1, 0.15) is 5.01 Å². The SMILES string of the molecule is Cc1cc2sc(-c3ccc(Cl)cc3)nc2cc1C(=O)[O-]. The highest BCUT2D eigenvalue weighted by molar-refractivity contribution is 7.21. The van der Waals surface area contributed by atoms with Crippen molar-refractivity contribution in [2.75, 3.05) is 0 Å². The molecule has 20 heavy (non-hydrogen) atoms. The summed E-state index contributed by atoms with van der Waals surface area (Å²) in [6.07, 6.45) is 0. The number of halogens is 1. The van der Waals surface area contributed by atoms with Crippen molar-refractivity contribution in [1.82, 2.24) is 4.98 Å². The van der Waals surface area contributed by atoms with Crippen LogP contribution in [0.2, 0.25) is 5.02 Å². The number of aromatic nitrogens is 1. The number of carbonyl (C=O) groups excluding carboxylic acids is 1. The second-order valence-electron chi connectivity index (χ2n) is 4.45. The first-order chi connectivity index (χ1) is 9.54. The first-order valence-corrected chi connectivity index (χ1v) is 7.12. The predicted molar refractivity (Wildman–Crippen MR) is 79.1 cm³/mol. The number of carboxylic acids is 1. The second-order valence-corrected chi connectivity index (χ2v) is 5.92. The number of nitrogens with zero attached hydrogens (tertiary/aromatic N) is 1. The van der Waals surface area contributed by atoms with E-state index in [9.17, 15) is 9.90 Å². The fourth-order valence-electron chi connectivity index (χ4n) is 2.01. The molecule has 0 spiro atoms. The van der Waals surface area contributed by atoms with E-state index in [-0.39, 0.29) is 5.56 Å². The molecule has 1 heterocycles. The molecule has 0 aliphatic carbocycles. The van der Waals surface area contributed by atoms with Crippen LogP contribution in [0.3, 0.4) is 0 Å². The zero-order chi connectivity index (χ0) is 14.3. The van der Waals surface area contributed by atoms with E-state index in [1.807, 2.05) is 18.2 Å². The van der Waals surface area contributed by atoms with Gasteiger partial charge in [0.2, 0.25) is 0 Å². The molecule has 0 unspecified atom stereocenters. The number of rotatable bonds is 2. The number of aryl methyl sites for hydroxylation is 1. The summed E-state index contributed by atoms with van der Waals surface area (Å²) in [7, 11) is 0. The van der Waals surface area contributed by atoms with Crippen LogP contribution in [0.1, 0.15) is 15.9 Å². The Morgan fingerprint density at radius 3 is 2.60 bits per heavy atom. The van der Waals surface area contributed by atoms with Gasteiger partial charge in [-0.25, -0.2) is 4.98 Å². The number of thiazole rings is 1. The topological polar surface area (TPSA) is 53.0 Å². The Bertz CT molecular complexity index is 809. The lowest BCUT2D eigenvalue weighted by Gasteiger charge is -2.05. The van der Waals surface area contributed by atoms with E-state index in [1.165, 1.54) is 11.3 Å². The van der Waals surface area contributed by atoms with E-state index in [0.29, 0.717) is 16.1 Å². The van der Waals surface area contributed by atoms with Crippen molar-refractivity contribution in [3.05, 3.63) is 52.5 Å². The molecule has 3 nitrogen and oxygen atoms in total. The molecule has 0 N–H and O–H groups in total. The molecule has 0 radical (unpaired) electrons. The Labute approximate surface area is 124 Å². The Morgan fingerprint density at radius 2 is 1.95 bits per heavy atom. The van der Waals surface area contributed by atoms with Crippen LogP contribution in [0.25, 0.3) is 20.8 Å². The number of carbonyl (C=O) groups is 1. The van der Waals surface area contributed by atoms with E-state index >= 15 is 0 Å². The normalized spacial score (nSPS) is 10.9. The van der Waals surface area contributed by atoms with Gasteiger partial charge in [-0.05, 0) is 36.8 Å². The lowest BCUT2D eigenvalue weighted by molar-refractivity contribution is -0.255. The standard InChI is InChI=1S/C15H10ClNO2S/c1-8-6-13-12(7-11(8)15(18)19)17-14(20-13)9-2-4-10(16)5-3-9/h2-7H,1H3,(H,18,19)/p-1. The molecule has 3 rings (SSSR count). The van der Waals surface area contributed by atoms with Crippen LogP contribution in [0.15, 0.2) is 36.4 Å². The maximum absolute atomic E-state index is 11.0. The molecule has 5 heteroatoms. The predicted octanol–water partition coefficient (Wildman–Crippen LogP) is 3.29. The van der Waals surface area contributed by atoms with E-state index in [1.54, 1.807) is 25.1 Å². The van der Waals surface area contributed by atoms with Crippen LogP contribution in [0.4, 0.5) is 0 Å². The molecule has 0 bridgehead atoms. The molecule has 0 aliphatic heterocycles. The lowest BCUT2D eigenvalue weighted by atomic mass is 10.1. The Morgan fingerprint density at radius 1 is 1.25 bits per heavy atom. The molecule has 0 fully saturated rings. The van der Waals surface area contributed by atoms with Gasteiger partial charge in [0.05, 0.1) is 16.2 Å². The molecule has 0 saturated heterocycles. The Balaban J connectivity index is 2.15. The fraction of sp³-hybridized carbons (Fsp3) is 0.0667. The summed E-state index contributed by atoms with van der Waals surface area (Å²) in [6.45, 7) is 1.76. The van der Waals surface area contributed by atoms with Gasteiger partial charge >= 0.3 is 0 Å². The number of fused-ring (bicyclic) bond motifs is 1. The Hall–Kier alpha value is -1.91. The quantitative estimate of drug-likeness (QED) is 0.730. The molecule has 100 valence electrons. The monoisotopic (exact) mass is 302 g/mol. The molecule has 2 aromatic carbocycles. The highest BCUT2D eigenvalue weighted by Crippen LogP contribution is 2.32. The van der Waals surface area contributed by atoms with Crippen LogP contribution >= 0.6 is 22.9 Å². The number of carboxylic acid groups (broad SMARTS) is 1. The van der Waals surface area contributed by atoms with Crippen LogP contribution in [0.5, 0.6) is 0 Å². The first kappa shape index (κ1) is 13.1. The molecule has 0 aliphatic rings. The van der Waals surface area contributed by atoms with Crippen LogP contribution in [0, 0.1) is 6.92 Å². The number of aromatic carboxylic acids is 1. The third-order valence-electron chi connectivity index (χ3n) is 3.05. The molecule has 3 aromatic rings. The minimum Gasteiger partial charge on any atom is -0.545 e. The van der Waals surface area contributed by atoms with E-state index < -0.39 is 5.97 Å². The summed E-state index contributed by atoms with van der Waals surface area (Å²) < 4.78 is 0.956. The van der Waals surface area contributed by atoms with Crippen LogP contribution < -0.4 is 5.11 Å². The van der Waals surface area contributed by atoms with Crippen molar-refractivity contribution in [3.63, 3.8) is 0 Å². The van der Waals surface area contributed by atoms with E-state index in [4.69, 9.17) is 11.6 Å². The molecular weight excluding hydrogens is 294 g/mol. The zero-order valence-corrected chi connectivity index (χ0v) is 12.1. The first-order valence-electron chi connectivity index (χ1n) is 5.93. The Kier molecular flexibility index (Phi) is 3.20. The zero-order valence-electron chi connectivity index (χ0n) is 10.5. The maximum atomic E-state index is 11.0. The van der Waals surface area contributed by atoms with Gasteiger partial charge in [-0.3, -0.25) is 0 Å². The second kappa shape index (κ2) is 4.89. The average Bonchev–Trinajstić information content (AvgIpc) is 2.81. The minimum atomic E-state index is -1.18. The van der Waals surface area contributed by atoms with Crippen molar-refractivity contribution >= 4 is 39.1 Å². The summed E-state index contributed by atoms with van der Waals surface area (Å²) in [5, 5.41) is 12.5. The van der Waals surface area contributed by atoms with Gasteiger partial charge in [-0.2, -0.15) is 0 Å². The van der Waals surface area contributed by atoms with Gasteiger partial charge in [-0.15, -0.1) is 11.3 Å². The van der Waals surface area contributed by atoms with Crippen molar-refractivity contribution < 1.29 is 9.90 Å². The maximum Gasteiger partial charge on any atom is 0.124 e. The lowest BCUT2D eigenvalue weighted by Crippen LogP contribution is -2.23. The summed E-state index contributed by atoms with van der Waals surface area (Å²) in [5.41, 5.74) is 2.50. The van der Waals surface area contributed by atoms with Crippen LogP contribution in [-0.2, 0) is 0 Å². The number of hydrogen-bond donors (Lipinski definition) is 0. The van der Waals surface area contributed by atoms with Crippen LogP contribution in [-0.4, -0.2) is 11.0 Å². The summed E-state index contributed by atoms with van der Waals surface area (Å²) in [4.78, 5) is 15.5. The number of benzene rings is 2. The largest absolute Gasteiger partial charge is 0.545 e. The molecular formula is C15H9ClNO2S-. The smallest absolute Gasteiger partial charge is 0.124 e. The van der Waals surface area contributed by atoms with Gasteiger partial charge in [-0.1, -0.05) is 23.7 Å². The minimum absolute atomic E-state index is 0.186. The molecule has 1 aromatic heterocycles. The van der Waals surface area contributed by atoms with E-state index in [2.05, 4.69) is 4.98 Å². The van der Waals surface area contributed by atoms with Gasteiger partial charge < -0.3 is 9.90 Å². The van der Waals surface area contributed by atoms with Crippen molar-refractivity contribution in [1.29, 1.82) is 0 Å². The summed E-state index contributed by atoms with van der Waals surface area (Å²) >= 11 is 7.39. The molecule has 0 amide bonds. The third kappa shape index (κ3) is 2.28. The number of hydrogen-bond acceptors (Lipinski definition) is 4. The van der Waals surface area contributed by atoms with Crippen molar-refractivity contribution in [3.8, 4) is 10.6 Å². The van der Waals surface area contributed by atoms with Gasteiger partial charge in [0, 0.05) is 16.1 Å². The summed E-state index contributed by atoms with van der Waals surface area (Å²) in [5.74, 6) is -1.18. The summed E-state index contributed by atoms with van der Waals surface area (Å²) in [6, 6.07) is 10.8.